The van der Waals surface area contributed by atoms with Gasteiger partial charge in [0.25, 0.3) is 0 Å². The molecule has 0 saturated heterocycles. The first kappa shape index (κ1) is 10.6. The molecule has 2 rings (SSSR count). The van der Waals surface area contributed by atoms with E-state index >= 15 is 0 Å². The number of pyridine rings is 1. The summed E-state index contributed by atoms with van der Waals surface area (Å²) in [5.74, 6) is -0.461. The first-order chi connectivity index (χ1) is 7.56. The summed E-state index contributed by atoms with van der Waals surface area (Å²) >= 11 is 0. The first-order valence-corrected chi connectivity index (χ1v) is 5.07. The minimum absolute atomic E-state index is 0.461. The van der Waals surface area contributed by atoms with Crippen LogP contribution in [0.1, 0.15) is 11.3 Å². The molecule has 0 unspecified atom stereocenters. The quantitative estimate of drug-likeness (QED) is 0.587. The van der Waals surface area contributed by atoms with Gasteiger partial charge in [0, 0.05) is 17.4 Å². The summed E-state index contributed by atoms with van der Waals surface area (Å²) < 4.78 is 13.2. The van der Waals surface area contributed by atoms with Crippen molar-refractivity contribution in [3.05, 3.63) is 47.5 Å². The lowest BCUT2D eigenvalue weighted by molar-refractivity contribution is 0.581. The van der Waals surface area contributed by atoms with Crippen LogP contribution in [0.2, 0.25) is 0 Å². The van der Waals surface area contributed by atoms with Crippen molar-refractivity contribution < 1.29 is 4.39 Å². The predicted octanol–water partition coefficient (Wildman–Crippen LogP) is 3.09. The van der Waals surface area contributed by atoms with Crippen molar-refractivity contribution in [1.82, 2.24) is 4.98 Å². The van der Waals surface area contributed by atoms with E-state index in [1.165, 1.54) is 6.07 Å². The second-order valence-corrected chi connectivity index (χ2v) is 3.89. The Labute approximate surface area is 93.9 Å². The zero-order chi connectivity index (χ0) is 11.7. The first-order valence-electron chi connectivity index (χ1n) is 5.07. The van der Waals surface area contributed by atoms with E-state index in [-0.39, 0.29) is 0 Å². The van der Waals surface area contributed by atoms with Gasteiger partial charge in [0.15, 0.2) is 0 Å². The molecular formula is C13H13FN2. The van der Waals surface area contributed by atoms with Crippen LogP contribution in [0, 0.1) is 19.8 Å². The number of aromatic nitrogens is 1. The maximum Gasteiger partial charge on any atom is 0.213 e. The summed E-state index contributed by atoms with van der Waals surface area (Å²) in [5.41, 5.74) is 9.90. The lowest BCUT2D eigenvalue weighted by Gasteiger charge is -2.08. The topological polar surface area (TPSA) is 38.9 Å². The Morgan fingerprint density at radius 3 is 2.56 bits per heavy atom. The molecule has 0 atom stereocenters. The smallest absolute Gasteiger partial charge is 0.213 e. The molecule has 0 radical (unpaired) electrons. The fourth-order valence-electron chi connectivity index (χ4n) is 1.73. The van der Waals surface area contributed by atoms with Crippen LogP contribution >= 0.6 is 0 Å². The predicted molar refractivity (Wildman–Crippen MR) is 63.5 cm³/mol. The molecule has 1 aromatic carbocycles. The SMILES string of the molecule is Cc1cc(-c2cc(N)ccc2C)cc(F)n1. The van der Waals surface area contributed by atoms with Crippen LogP contribution in [0.15, 0.2) is 30.3 Å². The third kappa shape index (κ3) is 2.03. The Balaban J connectivity index is 2.62. The number of hydrogen-bond donors (Lipinski definition) is 1. The van der Waals surface area contributed by atoms with E-state index in [1.54, 1.807) is 6.92 Å². The van der Waals surface area contributed by atoms with Gasteiger partial charge in [-0.15, -0.1) is 0 Å². The van der Waals surface area contributed by atoms with Crippen LogP contribution in [0.25, 0.3) is 11.1 Å². The second-order valence-electron chi connectivity index (χ2n) is 3.89. The van der Waals surface area contributed by atoms with Crippen LogP contribution in [-0.4, -0.2) is 4.98 Å². The highest BCUT2D eigenvalue weighted by atomic mass is 19.1. The van der Waals surface area contributed by atoms with Gasteiger partial charge >= 0.3 is 0 Å². The second kappa shape index (κ2) is 3.93. The zero-order valence-corrected chi connectivity index (χ0v) is 9.29. The van der Waals surface area contributed by atoms with E-state index < -0.39 is 5.95 Å². The summed E-state index contributed by atoms with van der Waals surface area (Å²) in [6, 6.07) is 8.89. The van der Waals surface area contributed by atoms with Crippen LogP contribution in [0.5, 0.6) is 0 Å². The van der Waals surface area contributed by atoms with E-state index in [2.05, 4.69) is 4.98 Å². The minimum Gasteiger partial charge on any atom is -0.399 e. The largest absolute Gasteiger partial charge is 0.399 e. The van der Waals surface area contributed by atoms with Crippen molar-refractivity contribution in [3.63, 3.8) is 0 Å². The third-order valence-electron chi connectivity index (χ3n) is 2.49. The van der Waals surface area contributed by atoms with E-state index in [1.807, 2.05) is 31.2 Å². The number of anilines is 1. The molecule has 0 spiro atoms. The van der Waals surface area contributed by atoms with Gasteiger partial charge in [0.2, 0.25) is 5.95 Å². The van der Waals surface area contributed by atoms with Crippen LogP contribution < -0.4 is 5.73 Å². The molecule has 0 aliphatic heterocycles. The highest BCUT2D eigenvalue weighted by Crippen LogP contribution is 2.26. The third-order valence-corrected chi connectivity index (χ3v) is 2.49. The highest BCUT2D eigenvalue weighted by Gasteiger charge is 2.05. The molecule has 2 N–H and O–H groups in total. The van der Waals surface area contributed by atoms with Crippen molar-refractivity contribution >= 4 is 5.69 Å². The van der Waals surface area contributed by atoms with Crippen LogP contribution in [0.3, 0.4) is 0 Å². The van der Waals surface area contributed by atoms with Gasteiger partial charge in [-0.25, -0.2) is 4.98 Å². The molecule has 1 heterocycles. The summed E-state index contributed by atoms with van der Waals surface area (Å²) in [5, 5.41) is 0. The Bertz CT molecular complexity index is 515. The molecule has 82 valence electrons. The van der Waals surface area contributed by atoms with Gasteiger partial charge in [-0.05, 0) is 48.7 Å². The number of aryl methyl sites for hydroxylation is 2. The molecule has 0 amide bonds. The molecule has 2 aromatic rings. The molecule has 0 bridgehead atoms. The summed E-state index contributed by atoms with van der Waals surface area (Å²) in [6.07, 6.45) is 0. The maximum atomic E-state index is 13.2. The van der Waals surface area contributed by atoms with Crippen LogP contribution in [0.4, 0.5) is 10.1 Å². The molecule has 2 nitrogen and oxygen atoms in total. The van der Waals surface area contributed by atoms with Gasteiger partial charge in [0.1, 0.15) is 0 Å². The Morgan fingerprint density at radius 2 is 1.88 bits per heavy atom. The minimum atomic E-state index is -0.461. The summed E-state index contributed by atoms with van der Waals surface area (Å²) in [6.45, 7) is 3.75. The van der Waals surface area contributed by atoms with E-state index in [9.17, 15) is 4.39 Å². The summed E-state index contributed by atoms with van der Waals surface area (Å²) in [4.78, 5) is 3.71. The van der Waals surface area contributed by atoms with Gasteiger partial charge < -0.3 is 5.73 Å². The summed E-state index contributed by atoms with van der Waals surface area (Å²) in [7, 11) is 0. The number of benzene rings is 1. The molecule has 0 fully saturated rings. The molecule has 3 heteroatoms. The monoisotopic (exact) mass is 216 g/mol. The van der Waals surface area contributed by atoms with Crippen molar-refractivity contribution in [2.24, 2.45) is 0 Å². The fraction of sp³-hybridized carbons (Fsp3) is 0.154. The molecule has 0 aliphatic rings. The Morgan fingerprint density at radius 1 is 1.12 bits per heavy atom. The average molecular weight is 216 g/mol. The van der Waals surface area contributed by atoms with E-state index in [0.717, 1.165) is 16.7 Å². The molecule has 0 saturated carbocycles. The molecule has 1 aromatic heterocycles. The Hall–Kier alpha value is -1.90. The van der Waals surface area contributed by atoms with Gasteiger partial charge in [0.05, 0.1) is 0 Å². The number of rotatable bonds is 1. The van der Waals surface area contributed by atoms with Crippen LogP contribution in [-0.2, 0) is 0 Å². The molecular weight excluding hydrogens is 203 g/mol. The van der Waals surface area contributed by atoms with E-state index in [0.29, 0.717) is 11.4 Å². The zero-order valence-electron chi connectivity index (χ0n) is 9.29. The standard InChI is InChI=1S/C13H13FN2/c1-8-3-4-11(15)7-12(8)10-5-9(2)16-13(14)6-10/h3-7H,15H2,1-2H3. The number of halogens is 1. The van der Waals surface area contributed by atoms with E-state index in [4.69, 9.17) is 5.73 Å². The highest BCUT2D eigenvalue weighted by molar-refractivity contribution is 5.70. The van der Waals surface area contributed by atoms with Crippen molar-refractivity contribution in [1.29, 1.82) is 0 Å². The number of nitrogens with two attached hydrogens (primary N) is 1. The van der Waals surface area contributed by atoms with Crippen molar-refractivity contribution in [3.8, 4) is 11.1 Å². The number of nitrogen functional groups attached to an aromatic ring is 1. The molecule has 16 heavy (non-hydrogen) atoms. The normalized spacial score (nSPS) is 10.4. The maximum absolute atomic E-state index is 13.2. The number of hydrogen-bond acceptors (Lipinski definition) is 2. The average Bonchev–Trinajstić information content (AvgIpc) is 2.20. The van der Waals surface area contributed by atoms with Gasteiger partial charge in [-0.1, -0.05) is 6.07 Å². The lowest BCUT2D eigenvalue weighted by atomic mass is 10.0. The van der Waals surface area contributed by atoms with Crippen molar-refractivity contribution in [2.75, 3.05) is 5.73 Å². The van der Waals surface area contributed by atoms with Crippen molar-refractivity contribution in [2.45, 2.75) is 13.8 Å². The number of nitrogens with zero attached hydrogens (tertiary/aromatic N) is 1. The fourth-order valence-corrected chi connectivity index (χ4v) is 1.73. The van der Waals surface area contributed by atoms with Gasteiger partial charge in [-0.2, -0.15) is 4.39 Å². The Kier molecular flexibility index (Phi) is 2.60. The molecule has 0 aliphatic carbocycles. The van der Waals surface area contributed by atoms with Gasteiger partial charge in [-0.3, -0.25) is 0 Å². The lowest BCUT2D eigenvalue weighted by Crippen LogP contribution is -1.92.